The molecule has 2 nitrogen and oxygen atoms in total. The minimum atomic E-state index is 0.374. The Morgan fingerprint density at radius 3 is 2.80 bits per heavy atom. The van der Waals surface area contributed by atoms with Crippen molar-refractivity contribution < 1.29 is 0 Å². The molecule has 1 aromatic rings. The molecule has 2 N–H and O–H groups in total. The first-order valence-corrected chi connectivity index (χ1v) is 5.87. The molecule has 1 heterocycles. The molecule has 2 unspecified atom stereocenters. The van der Waals surface area contributed by atoms with Crippen molar-refractivity contribution in [1.82, 2.24) is 0 Å². The Morgan fingerprint density at radius 1 is 1.40 bits per heavy atom. The van der Waals surface area contributed by atoms with Gasteiger partial charge in [-0.1, -0.05) is 25.1 Å². The molecule has 0 spiro atoms. The highest BCUT2D eigenvalue weighted by Gasteiger charge is 2.26. The van der Waals surface area contributed by atoms with Crippen LogP contribution >= 0.6 is 0 Å². The van der Waals surface area contributed by atoms with Crippen LogP contribution in [0.4, 0.5) is 5.69 Å². The van der Waals surface area contributed by atoms with Gasteiger partial charge in [-0.25, -0.2) is 0 Å². The zero-order valence-corrected chi connectivity index (χ0v) is 9.39. The number of nitrogens with zero attached hydrogens (tertiary/aromatic N) is 1. The number of para-hydroxylation sites is 1. The lowest BCUT2D eigenvalue weighted by Gasteiger charge is -2.20. The van der Waals surface area contributed by atoms with Crippen LogP contribution in [0, 0.1) is 5.92 Å². The van der Waals surface area contributed by atoms with E-state index in [2.05, 4.69) is 42.2 Å². The SMILES string of the molecule is CCC(N)C1CCN(c2ccccc2)C1. The Labute approximate surface area is 92.1 Å². The molecular formula is C13H20N2. The number of hydrogen-bond acceptors (Lipinski definition) is 2. The summed E-state index contributed by atoms with van der Waals surface area (Å²) in [4.78, 5) is 2.44. The zero-order chi connectivity index (χ0) is 10.7. The number of hydrogen-bond donors (Lipinski definition) is 1. The largest absolute Gasteiger partial charge is 0.371 e. The van der Waals surface area contributed by atoms with Gasteiger partial charge in [0.1, 0.15) is 0 Å². The second kappa shape index (κ2) is 4.67. The molecule has 15 heavy (non-hydrogen) atoms. The third-order valence-electron chi connectivity index (χ3n) is 3.42. The molecule has 2 rings (SSSR count). The van der Waals surface area contributed by atoms with Gasteiger partial charge in [0, 0.05) is 24.8 Å². The first kappa shape index (κ1) is 10.5. The van der Waals surface area contributed by atoms with Crippen LogP contribution in [0.3, 0.4) is 0 Å². The van der Waals surface area contributed by atoms with E-state index in [0.717, 1.165) is 19.5 Å². The van der Waals surface area contributed by atoms with Crippen LogP contribution < -0.4 is 10.6 Å². The first-order valence-electron chi connectivity index (χ1n) is 5.87. The Kier molecular flexibility index (Phi) is 3.27. The highest BCUT2D eigenvalue weighted by Crippen LogP contribution is 2.25. The Morgan fingerprint density at radius 2 is 2.13 bits per heavy atom. The maximum absolute atomic E-state index is 6.09. The molecule has 0 aliphatic carbocycles. The Bertz CT molecular complexity index is 297. The number of rotatable bonds is 3. The van der Waals surface area contributed by atoms with Crippen LogP contribution in [0.2, 0.25) is 0 Å². The van der Waals surface area contributed by atoms with Gasteiger partial charge in [0.2, 0.25) is 0 Å². The van der Waals surface area contributed by atoms with Gasteiger partial charge in [0.15, 0.2) is 0 Å². The summed E-state index contributed by atoms with van der Waals surface area (Å²) in [5.41, 5.74) is 7.43. The molecule has 0 saturated carbocycles. The van der Waals surface area contributed by atoms with E-state index in [1.807, 2.05) is 0 Å². The Balaban J connectivity index is 1.99. The fourth-order valence-corrected chi connectivity index (χ4v) is 2.34. The number of anilines is 1. The van der Waals surface area contributed by atoms with Crippen LogP contribution in [0.15, 0.2) is 30.3 Å². The average molecular weight is 204 g/mol. The molecule has 1 aliphatic heterocycles. The third-order valence-corrected chi connectivity index (χ3v) is 3.42. The van der Waals surface area contributed by atoms with Crippen LogP contribution in [0.5, 0.6) is 0 Å². The van der Waals surface area contributed by atoms with Crippen molar-refractivity contribution >= 4 is 5.69 Å². The zero-order valence-electron chi connectivity index (χ0n) is 9.39. The lowest BCUT2D eigenvalue weighted by molar-refractivity contribution is 0.447. The highest BCUT2D eigenvalue weighted by atomic mass is 15.2. The molecule has 0 amide bonds. The van der Waals surface area contributed by atoms with E-state index in [4.69, 9.17) is 5.73 Å². The minimum Gasteiger partial charge on any atom is -0.371 e. The van der Waals surface area contributed by atoms with E-state index < -0.39 is 0 Å². The predicted molar refractivity (Wildman–Crippen MR) is 65.0 cm³/mol. The van der Waals surface area contributed by atoms with Crippen molar-refractivity contribution in [2.45, 2.75) is 25.8 Å². The van der Waals surface area contributed by atoms with Crippen LogP contribution in [0.25, 0.3) is 0 Å². The maximum Gasteiger partial charge on any atom is 0.0366 e. The van der Waals surface area contributed by atoms with Gasteiger partial charge in [0.25, 0.3) is 0 Å². The van der Waals surface area contributed by atoms with E-state index in [0.29, 0.717) is 12.0 Å². The fraction of sp³-hybridized carbons (Fsp3) is 0.538. The molecular weight excluding hydrogens is 184 g/mol. The summed E-state index contributed by atoms with van der Waals surface area (Å²) in [6, 6.07) is 11.0. The van der Waals surface area contributed by atoms with Crippen LogP contribution in [0.1, 0.15) is 19.8 Å². The fourth-order valence-electron chi connectivity index (χ4n) is 2.34. The predicted octanol–water partition coefficient (Wildman–Crippen LogP) is 2.25. The highest BCUT2D eigenvalue weighted by molar-refractivity contribution is 5.46. The molecule has 1 aromatic carbocycles. The smallest absolute Gasteiger partial charge is 0.0366 e. The summed E-state index contributed by atoms with van der Waals surface area (Å²) in [5, 5.41) is 0. The third kappa shape index (κ3) is 2.32. The molecule has 1 aliphatic rings. The average Bonchev–Trinajstić information content (AvgIpc) is 2.78. The molecule has 2 heteroatoms. The monoisotopic (exact) mass is 204 g/mol. The van der Waals surface area contributed by atoms with E-state index in [1.165, 1.54) is 12.1 Å². The molecule has 0 radical (unpaired) electrons. The lowest BCUT2D eigenvalue weighted by Crippen LogP contribution is -2.31. The summed E-state index contributed by atoms with van der Waals surface area (Å²) < 4.78 is 0. The van der Waals surface area contributed by atoms with Gasteiger partial charge in [-0.05, 0) is 30.9 Å². The van der Waals surface area contributed by atoms with Gasteiger partial charge < -0.3 is 10.6 Å². The second-order valence-corrected chi connectivity index (χ2v) is 4.40. The minimum absolute atomic E-state index is 0.374. The molecule has 82 valence electrons. The Hall–Kier alpha value is -1.02. The van der Waals surface area contributed by atoms with Gasteiger partial charge in [-0.2, -0.15) is 0 Å². The van der Waals surface area contributed by atoms with E-state index >= 15 is 0 Å². The van der Waals surface area contributed by atoms with Crippen molar-refractivity contribution in [3.05, 3.63) is 30.3 Å². The summed E-state index contributed by atoms with van der Waals surface area (Å²) in [5.74, 6) is 0.676. The molecule has 1 saturated heterocycles. The quantitative estimate of drug-likeness (QED) is 0.818. The van der Waals surface area contributed by atoms with Crippen LogP contribution in [-0.2, 0) is 0 Å². The standard InChI is InChI=1S/C13H20N2/c1-2-13(14)11-8-9-15(10-11)12-6-4-3-5-7-12/h3-7,11,13H,2,8-10,14H2,1H3. The first-order chi connectivity index (χ1) is 7.31. The molecule has 2 atom stereocenters. The van der Waals surface area contributed by atoms with Crippen molar-refractivity contribution in [1.29, 1.82) is 0 Å². The topological polar surface area (TPSA) is 29.3 Å². The van der Waals surface area contributed by atoms with Crippen LogP contribution in [-0.4, -0.2) is 19.1 Å². The van der Waals surface area contributed by atoms with Crippen molar-refractivity contribution in [3.8, 4) is 0 Å². The van der Waals surface area contributed by atoms with Gasteiger partial charge >= 0.3 is 0 Å². The van der Waals surface area contributed by atoms with Crippen molar-refractivity contribution in [2.24, 2.45) is 11.7 Å². The second-order valence-electron chi connectivity index (χ2n) is 4.40. The van der Waals surface area contributed by atoms with Crippen molar-refractivity contribution in [3.63, 3.8) is 0 Å². The number of benzene rings is 1. The van der Waals surface area contributed by atoms with Gasteiger partial charge in [-0.15, -0.1) is 0 Å². The van der Waals surface area contributed by atoms with E-state index in [1.54, 1.807) is 0 Å². The molecule has 0 aromatic heterocycles. The van der Waals surface area contributed by atoms with Crippen molar-refractivity contribution in [2.75, 3.05) is 18.0 Å². The summed E-state index contributed by atoms with van der Waals surface area (Å²) in [7, 11) is 0. The summed E-state index contributed by atoms with van der Waals surface area (Å²) >= 11 is 0. The maximum atomic E-state index is 6.09. The van der Waals surface area contributed by atoms with Gasteiger partial charge in [0.05, 0.1) is 0 Å². The summed E-state index contributed by atoms with van der Waals surface area (Å²) in [6.07, 6.45) is 2.33. The summed E-state index contributed by atoms with van der Waals surface area (Å²) in [6.45, 7) is 4.46. The lowest BCUT2D eigenvalue weighted by atomic mass is 9.98. The van der Waals surface area contributed by atoms with Gasteiger partial charge in [-0.3, -0.25) is 0 Å². The number of nitrogens with two attached hydrogens (primary N) is 1. The normalized spacial score (nSPS) is 23.1. The van der Waals surface area contributed by atoms with E-state index in [-0.39, 0.29) is 0 Å². The molecule has 1 fully saturated rings. The molecule has 0 bridgehead atoms. The van der Waals surface area contributed by atoms with E-state index in [9.17, 15) is 0 Å².